The first-order chi connectivity index (χ1) is 32.2. The molecular weight excluding hydrogens is 805 g/mol. The molecule has 0 aliphatic rings. The zero-order valence-corrected chi connectivity index (χ0v) is 36.1. The molecule has 0 unspecified atom stereocenters. The zero-order valence-electron chi connectivity index (χ0n) is 35.2. The van der Waals surface area contributed by atoms with Crippen molar-refractivity contribution in [2.75, 3.05) is 4.90 Å². The highest BCUT2D eigenvalue weighted by Gasteiger charge is 2.20. The first-order valence-corrected chi connectivity index (χ1v) is 23.1. The molecule has 0 N–H and O–H groups in total. The number of nitrogens with zero attached hydrogens (tertiary/aromatic N) is 2. The van der Waals surface area contributed by atoms with Crippen molar-refractivity contribution in [2.45, 2.75) is 0 Å². The Hall–Kier alpha value is -8.24. The summed E-state index contributed by atoms with van der Waals surface area (Å²) in [7, 11) is 0. The molecule has 0 atom stereocenters. The molecule has 0 fully saturated rings. The number of hydrogen-bond donors (Lipinski definition) is 0. The maximum absolute atomic E-state index is 2.47. The van der Waals surface area contributed by atoms with Gasteiger partial charge in [0.15, 0.2) is 0 Å². The van der Waals surface area contributed by atoms with Gasteiger partial charge in [-0.15, -0.1) is 11.3 Å². The normalized spacial score (nSPS) is 12.0. The summed E-state index contributed by atoms with van der Waals surface area (Å²) in [5, 5.41) is 17.7. The number of rotatable bonds is 5. The van der Waals surface area contributed by atoms with E-state index < -0.39 is 0 Å². The number of anilines is 3. The Morgan fingerprint density at radius 2 is 0.846 bits per heavy atom. The first kappa shape index (κ1) is 36.3. The van der Waals surface area contributed by atoms with Crippen LogP contribution in [0.15, 0.2) is 231 Å². The van der Waals surface area contributed by atoms with Crippen LogP contribution in [0.4, 0.5) is 17.1 Å². The summed E-state index contributed by atoms with van der Waals surface area (Å²) in [6, 6.07) is 85.4. The molecule has 0 aliphatic heterocycles. The van der Waals surface area contributed by atoms with Crippen molar-refractivity contribution in [1.82, 2.24) is 4.57 Å². The van der Waals surface area contributed by atoms with Crippen LogP contribution >= 0.6 is 11.3 Å². The lowest BCUT2D eigenvalue weighted by molar-refractivity contribution is 1.20. The molecule has 0 bridgehead atoms. The quantitative estimate of drug-likeness (QED) is 0.157. The van der Waals surface area contributed by atoms with Crippen LogP contribution in [-0.4, -0.2) is 4.57 Å². The monoisotopic (exact) mass is 842 g/mol. The second-order valence-corrected chi connectivity index (χ2v) is 18.3. The van der Waals surface area contributed by atoms with Crippen molar-refractivity contribution in [1.29, 1.82) is 0 Å². The molecule has 3 heteroatoms. The predicted molar refractivity (Wildman–Crippen MR) is 281 cm³/mol. The highest BCUT2D eigenvalue weighted by atomic mass is 32.1. The smallest absolute Gasteiger partial charge is 0.0547 e. The molecule has 2 nitrogen and oxygen atoms in total. The molecule has 2 heterocycles. The van der Waals surface area contributed by atoms with Gasteiger partial charge < -0.3 is 9.47 Å². The molecule has 0 saturated carbocycles. The van der Waals surface area contributed by atoms with Crippen LogP contribution in [0.2, 0.25) is 0 Å². The van der Waals surface area contributed by atoms with E-state index >= 15 is 0 Å². The third-order valence-electron chi connectivity index (χ3n) is 13.7. The topological polar surface area (TPSA) is 8.17 Å². The minimum atomic E-state index is 1.11. The Labute approximate surface area is 379 Å². The minimum Gasteiger partial charge on any atom is -0.310 e. The van der Waals surface area contributed by atoms with E-state index in [4.69, 9.17) is 0 Å². The zero-order chi connectivity index (χ0) is 42.6. The number of para-hydroxylation sites is 1. The maximum atomic E-state index is 2.47. The van der Waals surface area contributed by atoms with Gasteiger partial charge in [-0.2, -0.15) is 0 Å². The summed E-state index contributed by atoms with van der Waals surface area (Å²) in [5.74, 6) is 0. The van der Waals surface area contributed by atoms with Crippen LogP contribution in [-0.2, 0) is 0 Å². The molecule has 0 aliphatic carbocycles. The molecule has 2 aromatic heterocycles. The van der Waals surface area contributed by atoms with Crippen molar-refractivity contribution in [2.24, 2.45) is 0 Å². The number of benzene rings is 12. The number of hydrogen-bond acceptors (Lipinski definition) is 2. The fourth-order valence-corrected chi connectivity index (χ4v) is 11.9. The summed E-state index contributed by atoms with van der Waals surface area (Å²) in [6.07, 6.45) is 0. The lowest BCUT2D eigenvalue weighted by atomic mass is 9.95. The molecular formula is C62H38N2S. The molecule has 14 rings (SSSR count). The average Bonchev–Trinajstić information content (AvgIpc) is 3.92. The van der Waals surface area contributed by atoms with Crippen molar-refractivity contribution < 1.29 is 0 Å². The van der Waals surface area contributed by atoms with Crippen molar-refractivity contribution >= 4 is 124 Å². The van der Waals surface area contributed by atoms with Crippen LogP contribution in [0, 0.1) is 0 Å². The van der Waals surface area contributed by atoms with Gasteiger partial charge in [0.05, 0.1) is 16.7 Å². The molecule has 0 spiro atoms. The molecule has 14 aromatic rings. The Bertz CT molecular complexity index is 4240. The molecule has 302 valence electrons. The van der Waals surface area contributed by atoms with Crippen LogP contribution in [0.1, 0.15) is 0 Å². The Morgan fingerprint density at radius 3 is 1.63 bits per heavy atom. The van der Waals surface area contributed by atoms with Gasteiger partial charge in [-0.3, -0.25) is 0 Å². The van der Waals surface area contributed by atoms with Gasteiger partial charge in [0.2, 0.25) is 0 Å². The molecule has 0 saturated heterocycles. The van der Waals surface area contributed by atoms with E-state index in [1.54, 1.807) is 0 Å². The predicted octanol–water partition coefficient (Wildman–Crippen LogP) is 18.1. The van der Waals surface area contributed by atoms with Gasteiger partial charge in [-0.25, -0.2) is 0 Å². The number of fused-ring (bicyclic) bond motifs is 14. The maximum Gasteiger partial charge on any atom is 0.0547 e. The Morgan fingerprint density at radius 1 is 0.308 bits per heavy atom. The van der Waals surface area contributed by atoms with Gasteiger partial charge in [0.25, 0.3) is 0 Å². The molecule has 0 radical (unpaired) electrons. The molecule has 0 amide bonds. The number of thiophene rings is 1. The summed E-state index contributed by atoms with van der Waals surface area (Å²) in [4.78, 5) is 2.44. The second-order valence-electron chi connectivity index (χ2n) is 17.2. The van der Waals surface area contributed by atoms with E-state index in [1.807, 2.05) is 11.3 Å². The third-order valence-corrected chi connectivity index (χ3v) is 14.9. The van der Waals surface area contributed by atoms with E-state index in [0.717, 1.165) is 17.1 Å². The fraction of sp³-hybridized carbons (Fsp3) is 0. The minimum absolute atomic E-state index is 1.11. The van der Waals surface area contributed by atoms with Gasteiger partial charge in [-0.1, -0.05) is 164 Å². The summed E-state index contributed by atoms with van der Waals surface area (Å²) < 4.78 is 5.07. The van der Waals surface area contributed by atoms with Crippen LogP contribution in [0.5, 0.6) is 0 Å². The highest BCUT2D eigenvalue weighted by Crippen LogP contribution is 2.45. The SMILES string of the molecule is c1ccc2c(c1)ccc1ccc3ccc(N(c4ccc(-c5ccc(-n6c7ccccc7c7c8ccccc8ccc76)c6ccccc56)cc4)c4ccc5sc6ccccc6c5c4)cc3c12. The average molecular weight is 843 g/mol. The largest absolute Gasteiger partial charge is 0.310 e. The van der Waals surface area contributed by atoms with Gasteiger partial charge >= 0.3 is 0 Å². The van der Waals surface area contributed by atoms with E-state index in [0.29, 0.717) is 0 Å². The summed E-state index contributed by atoms with van der Waals surface area (Å²) in [6.45, 7) is 0. The Kier molecular flexibility index (Phi) is 7.89. The van der Waals surface area contributed by atoms with Crippen molar-refractivity contribution in [3.05, 3.63) is 231 Å². The van der Waals surface area contributed by atoms with E-state index in [1.165, 1.54) is 113 Å². The van der Waals surface area contributed by atoms with Crippen LogP contribution in [0.3, 0.4) is 0 Å². The molecule has 12 aromatic carbocycles. The van der Waals surface area contributed by atoms with Crippen molar-refractivity contribution in [3.8, 4) is 16.8 Å². The summed E-state index contributed by atoms with van der Waals surface area (Å²) >= 11 is 1.86. The van der Waals surface area contributed by atoms with Gasteiger partial charge in [0.1, 0.15) is 0 Å². The third kappa shape index (κ3) is 5.53. The molecule has 65 heavy (non-hydrogen) atoms. The van der Waals surface area contributed by atoms with Gasteiger partial charge in [0, 0.05) is 53.4 Å². The Balaban J connectivity index is 0.940. The van der Waals surface area contributed by atoms with Crippen molar-refractivity contribution in [3.63, 3.8) is 0 Å². The highest BCUT2D eigenvalue weighted by molar-refractivity contribution is 7.25. The van der Waals surface area contributed by atoms with Crippen LogP contribution in [0.25, 0.3) is 113 Å². The first-order valence-electron chi connectivity index (χ1n) is 22.3. The van der Waals surface area contributed by atoms with E-state index in [9.17, 15) is 0 Å². The van der Waals surface area contributed by atoms with Crippen LogP contribution < -0.4 is 4.90 Å². The second kappa shape index (κ2) is 14.1. The van der Waals surface area contributed by atoms with E-state index in [2.05, 4.69) is 240 Å². The lowest BCUT2D eigenvalue weighted by Gasteiger charge is -2.26. The van der Waals surface area contributed by atoms with E-state index in [-0.39, 0.29) is 0 Å². The lowest BCUT2D eigenvalue weighted by Crippen LogP contribution is -2.09. The number of aromatic nitrogens is 1. The standard InChI is InChI=1S/C62H38N2S/c1-3-13-48-39(11-1)21-23-43-24-22-42-27-31-45(37-54(42)61(43)48)63(46-32-36-60-55(38-46)52-17-8-10-20-59(52)65-60)44-29-25-41(26-30-44)47-33-35-57(51-16-6-5-15-50(47)51)64-56-19-9-7-18-53(56)62-49-14-4-2-12-40(49)28-34-58(62)64/h1-38H. The van der Waals surface area contributed by atoms with Gasteiger partial charge in [-0.05, 0) is 126 Å². The summed E-state index contributed by atoms with van der Waals surface area (Å²) in [5.41, 5.74) is 9.37. The fourth-order valence-electron chi connectivity index (χ4n) is 10.8.